The van der Waals surface area contributed by atoms with Gasteiger partial charge in [0, 0.05) is 10.9 Å². The number of carbonyl (C=O) groups is 1. The second-order valence-electron chi connectivity index (χ2n) is 6.55. The number of aromatic nitrogens is 1. The van der Waals surface area contributed by atoms with Crippen molar-refractivity contribution in [2.45, 2.75) is 51.9 Å². The maximum atomic E-state index is 12.4. The van der Waals surface area contributed by atoms with Gasteiger partial charge < -0.3 is 9.50 Å². The lowest BCUT2D eigenvalue weighted by Crippen LogP contribution is -2.35. The molecule has 0 radical (unpaired) electrons. The first kappa shape index (κ1) is 18.0. The van der Waals surface area contributed by atoms with E-state index in [2.05, 4.69) is 43.6 Å². The van der Waals surface area contributed by atoms with Crippen molar-refractivity contribution in [3.63, 3.8) is 0 Å². The van der Waals surface area contributed by atoms with Crippen molar-refractivity contribution in [1.29, 1.82) is 0 Å². The van der Waals surface area contributed by atoms with Crippen LogP contribution < -0.4 is 5.32 Å². The number of aryl methyl sites for hydroxylation is 1. The van der Waals surface area contributed by atoms with Gasteiger partial charge >= 0.3 is 0 Å². The summed E-state index contributed by atoms with van der Waals surface area (Å²) in [5.41, 5.74) is 1.06. The molecule has 1 aromatic heterocycles. The number of anilines is 1. The summed E-state index contributed by atoms with van der Waals surface area (Å²) < 4.78 is 6.18. The smallest absolute Gasteiger partial charge is 0.255 e. The first-order valence-electron chi connectivity index (χ1n) is 7.21. The van der Waals surface area contributed by atoms with Crippen molar-refractivity contribution in [3.05, 3.63) is 23.9 Å². The average molecular weight is 312 g/mol. The Morgan fingerprint density at radius 1 is 1.38 bits per heavy atom. The van der Waals surface area contributed by atoms with Crippen LogP contribution in [0, 0.1) is 6.92 Å². The van der Waals surface area contributed by atoms with Gasteiger partial charge in [-0.1, -0.05) is 33.8 Å². The van der Waals surface area contributed by atoms with Gasteiger partial charge in [0.05, 0.1) is 0 Å². The molecule has 21 heavy (non-hydrogen) atoms. The number of carbonyl (C=O) groups excluding carboxylic acids is 1. The zero-order valence-corrected chi connectivity index (χ0v) is 15.0. The standard InChI is InChI=1S/C16H28N2O2S/c1-8-13(20-21(6,7)16(3,4)5)15(19)18-14-10-9-12(2)11-17-14/h9-11,13H,8H2,1-7H3,(H,17,18,19). The number of pyridine rings is 1. The Hall–Kier alpha value is -1.07. The number of hydrogen-bond donors (Lipinski definition) is 1. The quantitative estimate of drug-likeness (QED) is 0.897. The minimum atomic E-state index is -1.33. The summed E-state index contributed by atoms with van der Waals surface area (Å²) in [6.45, 7) is 10.4. The summed E-state index contributed by atoms with van der Waals surface area (Å²) in [7, 11) is -1.33. The summed E-state index contributed by atoms with van der Waals surface area (Å²) in [5.74, 6) is 0.440. The lowest BCUT2D eigenvalue weighted by Gasteiger charge is -2.45. The molecule has 0 aromatic carbocycles. The minimum Gasteiger partial charge on any atom is -0.324 e. The van der Waals surface area contributed by atoms with E-state index in [0.29, 0.717) is 12.2 Å². The highest BCUT2D eigenvalue weighted by Crippen LogP contribution is 2.54. The van der Waals surface area contributed by atoms with E-state index in [1.54, 1.807) is 6.20 Å². The van der Waals surface area contributed by atoms with Crippen LogP contribution in [-0.4, -0.2) is 34.3 Å². The third-order valence-corrected chi connectivity index (χ3v) is 7.32. The van der Waals surface area contributed by atoms with E-state index >= 15 is 0 Å². The molecule has 0 aliphatic heterocycles. The van der Waals surface area contributed by atoms with Gasteiger partial charge in [-0.3, -0.25) is 4.79 Å². The molecule has 0 aliphatic rings. The van der Waals surface area contributed by atoms with Crippen molar-refractivity contribution in [1.82, 2.24) is 4.98 Å². The lowest BCUT2D eigenvalue weighted by molar-refractivity contribution is -0.122. The molecule has 1 aromatic rings. The van der Waals surface area contributed by atoms with Gasteiger partial charge in [0.2, 0.25) is 0 Å². The van der Waals surface area contributed by atoms with E-state index in [4.69, 9.17) is 4.18 Å². The predicted molar refractivity (Wildman–Crippen MR) is 92.0 cm³/mol. The highest BCUT2D eigenvalue weighted by Gasteiger charge is 2.33. The molecule has 0 saturated carbocycles. The summed E-state index contributed by atoms with van der Waals surface area (Å²) >= 11 is 0. The lowest BCUT2D eigenvalue weighted by atomic mass is 10.2. The SMILES string of the molecule is CCC(OS(C)(C)C(C)(C)C)C(=O)Nc1ccc(C)cn1. The molecule has 0 bridgehead atoms. The van der Waals surface area contributed by atoms with E-state index < -0.39 is 16.4 Å². The molecule has 120 valence electrons. The zero-order chi connectivity index (χ0) is 16.3. The fourth-order valence-electron chi connectivity index (χ4n) is 1.48. The van der Waals surface area contributed by atoms with Gasteiger partial charge in [0.25, 0.3) is 5.91 Å². The first-order chi connectivity index (χ1) is 9.56. The van der Waals surface area contributed by atoms with Crippen LogP contribution in [0.25, 0.3) is 0 Å². The Balaban J connectivity index is 2.76. The number of amides is 1. The van der Waals surface area contributed by atoms with Crippen molar-refractivity contribution < 1.29 is 8.98 Å². The molecule has 1 rings (SSSR count). The van der Waals surface area contributed by atoms with Gasteiger partial charge in [-0.05, 0) is 37.5 Å². The highest BCUT2D eigenvalue weighted by atomic mass is 32.3. The van der Waals surface area contributed by atoms with E-state index in [9.17, 15) is 4.79 Å². The summed E-state index contributed by atoms with van der Waals surface area (Å²) in [6, 6.07) is 3.73. The van der Waals surface area contributed by atoms with Crippen molar-refractivity contribution in [2.24, 2.45) is 0 Å². The first-order valence-corrected chi connectivity index (χ1v) is 9.59. The van der Waals surface area contributed by atoms with E-state index in [-0.39, 0.29) is 10.7 Å². The molecule has 0 saturated heterocycles. The number of nitrogens with one attached hydrogen (secondary N) is 1. The van der Waals surface area contributed by atoms with E-state index in [1.807, 2.05) is 26.0 Å². The summed E-state index contributed by atoms with van der Waals surface area (Å²) in [5, 5.41) is 2.83. The molecule has 0 spiro atoms. The Bertz CT molecular complexity index is 478. The zero-order valence-electron chi connectivity index (χ0n) is 14.2. The Morgan fingerprint density at radius 3 is 2.43 bits per heavy atom. The van der Waals surface area contributed by atoms with Gasteiger partial charge in [0.15, 0.2) is 0 Å². The number of rotatable bonds is 5. The van der Waals surface area contributed by atoms with Crippen LogP contribution in [0.1, 0.15) is 39.7 Å². The Morgan fingerprint density at radius 2 is 2.00 bits per heavy atom. The van der Waals surface area contributed by atoms with Crippen LogP contribution >= 0.6 is 10.3 Å². The van der Waals surface area contributed by atoms with E-state index in [0.717, 1.165) is 5.56 Å². The molecule has 1 atom stereocenters. The van der Waals surface area contributed by atoms with Crippen LogP contribution in [0.5, 0.6) is 0 Å². The van der Waals surface area contributed by atoms with Gasteiger partial charge in [-0.25, -0.2) is 4.98 Å². The second kappa shape index (κ2) is 6.79. The van der Waals surface area contributed by atoms with Gasteiger partial charge in [-0.15, -0.1) is 10.3 Å². The molecular formula is C16H28N2O2S. The summed E-state index contributed by atoms with van der Waals surface area (Å²) in [6.07, 6.45) is 6.14. The Labute approximate surface area is 130 Å². The molecule has 0 aliphatic carbocycles. The molecule has 4 nitrogen and oxygen atoms in total. The average Bonchev–Trinajstić information content (AvgIpc) is 2.37. The van der Waals surface area contributed by atoms with Crippen LogP contribution in [0.4, 0.5) is 5.82 Å². The molecular weight excluding hydrogens is 284 g/mol. The highest BCUT2D eigenvalue weighted by molar-refractivity contribution is 8.29. The van der Waals surface area contributed by atoms with Crippen molar-refractivity contribution in [3.8, 4) is 0 Å². The van der Waals surface area contributed by atoms with Crippen LogP contribution in [-0.2, 0) is 8.98 Å². The number of hydrogen-bond acceptors (Lipinski definition) is 3. The fraction of sp³-hybridized carbons (Fsp3) is 0.625. The molecule has 1 heterocycles. The fourth-order valence-corrected chi connectivity index (χ4v) is 2.57. The Kier molecular flexibility index (Phi) is 5.82. The van der Waals surface area contributed by atoms with Crippen molar-refractivity contribution in [2.75, 3.05) is 17.8 Å². The summed E-state index contributed by atoms with van der Waals surface area (Å²) in [4.78, 5) is 16.6. The predicted octanol–water partition coefficient (Wildman–Crippen LogP) is 3.90. The third-order valence-electron chi connectivity index (χ3n) is 3.66. The van der Waals surface area contributed by atoms with Crippen molar-refractivity contribution >= 4 is 22.0 Å². The molecule has 1 N–H and O–H groups in total. The van der Waals surface area contributed by atoms with E-state index in [1.165, 1.54) is 0 Å². The van der Waals surface area contributed by atoms with Crippen LogP contribution in [0.2, 0.25) is 0 Å². The molecule has 1 amide bonds. The van der Waals surface area contributed by atoms with Crippen LogP contribution in [0.3, 0.4) is 0 Å². The van der Waals surface area contributed by atoms with Gasteiger partial charge in [0.1, 0.15) is 11.9 Å². The second-order valence-corrected chi connectivity index (χ2v) is 10.4. The third kappa shape index (κ3) is 5.00. The molecule has 1 unspecified atom stereocenters. The maximum Gasteiger partial charge on any atom is 0.255 e. The normalized spacial score (nSPS) is 14.6. The van der Waals surface area contributed by atoms with Crippen LogP contribution in [0.15, 0.2) is 18.3 Å². The van der Waals surface area contributed by atoms with Gasteiger partial charge in [-0.2, -0.15) is 0 Å². The topological polar surface area (TPSA) is 51.2 Å². The largest absolute Gasteiger partial charge is 0.324 e. The molecule has 0 fully saturated rings. The number of nitrogens with zero attached hydrogens (tertiary/aromatic N) is 1. The minimum absolute atomic E-state index is 0.0306. The monoisotopic (exact) mass is 312 g/mol. The maximum absolute atomic E-state index is 12.4. The molecule has 5 heteroatoms.